The molecule has 0 aliphatic carbocycles. The first kappa shape index (κ1) is 17.3. The van der Waals surface area contributed by atoms with Gasteiger partial charge in [0, 0.05) is 12.1 Å². The van der Waals surface area contributed by atoms with Crippen LogP contribution in [0.3, 0.4) is 0 Å². The standard InChI is InChI=1S/C18H25NO4/c1-4-7-8-9-19-14-10-13(12-20)11-16(22-6-3)17(14)23-15(5-2)18(19)21/h10-12,15H,4-9H2,1-3H3. The zero-order chi connectivity index (χ0) is 16.8. The summed E-state index contributed by atoms with van der Waals surface area (Å²) < 4.78 is 11.5. The molecule has 1 amide bonds. The average Bonchev–Trinajstić information content (AvgIpc) is 2.56. The summed E-state index contributed by atoms with van der Waals surface area (Å²) >= 11 is 0. The number of hydrogen-bond acceptors (Lipinski definition) is 4. The summed E-state index contributed by atoms with van der Waals surface area (Å²) in [5, 5.41) is 0. The van der Waals surface area contributed by atoms with Gasteiger partial charge in [-0.15, -0.1) is 0 Å². The van der Waals surface area contributed by atoms with Crippen molar-refractivity contribution in [3.05, 3.63) is 17.7 Å². The molecule has 0 bridgehead atoms. The molecule has 2 rings (SSSR count). The maximum Gasteiger partial charge on any atom is 0.268 e. The molecule has 0 radical (unpaired) electrons. The molecule has 1 aromatic rings. The smallest absolute Gasteiger partial charge is 0.268 e. The van der Waals surface area contributed by atoms with E-state index >= 15 is 0 Å². The molecule has 0 saturated carbocycles. The second-order valence-corrected chi connectivity index (χ2v) is 5.63. The number of carbonyl (C=O) groups is 2. The summed E-state index contributed by atoms with van der Waals surface area (Å²) in [5.74, 6) is 1.06. The van der Waals surface area contributed by atoms with Gasteiger partial charge in [-0.3, -0.25) is 9.59 Å². The molecule has 23 heavy (non-hydrogen) atoms. The lowest BCUT2D eigenvalue weighted by atomic mass is 10.1. The molecule has 0 N–H and O–H groups in total. The molecule has 0 spiro atoms. The largest absolute Gasteiger partial charge is 0.490 e. The van der Waals surface area contributed by atoms with Gasteiger partial charge >= 0.3 is 0 Å². The molecule has 1 heterocycles. The van der Waals surface area contributed by atoms with Crippen LogP contribution in [0.4, 0.5) is 5.69 Å². The van der Waals surface area contributed by atoms with E-state index in [0.717, 1.165) is 25.5 Å². The monoisotopic (exact) mass is 319 g/mol. The number of benzene rings is 1. The normalized spacial score (nSPS) is 16.7. The highest BCUT2D eigenvalue weighted by molar-refractivity contribution is 6.01. The van der Waals surface area contributed by atoms with Crippen LogP contribution < -0.4 is 14.4 Å². The van der Waals surface area contributed by atoms with Gasteiger partial charge in [-0.25, -0.2) is 0 Å². The van der Waals surface area contributed by atoms with Crippen LogP contribution >= 0.6 is 0 Å². The van der Waals surface area contributed by atoms with Gasteiger partial charge < -0.3 is 14.4 Å². The van der Waals surface area contributed by atoms with Crippen LogP contribution in [0.25, 0.3) is 0 Å². The summed E-state index contributed by atoms with van der Waals surface area (Å²) in [6, 6.07) is 3.38. The number of rotatable bonds is 8. The number of nitrogens with zero attached hydrogens (tertiary/aromatic N) is 1. The van der Waals surface area contributed by atoms with Gasteiger partial charge in [0.15, 0.2) is 17.6 Å². The van der Waals surface area contributed by atoms with Crippen LogP contribution in [0.1, 0.15) is 56.8 Å². The Kier molecular flexibility index (Phi) is 6.02. The minimum absolute atomic E-state index is 0.0402. The van der Waals surface area contributed by atoms with Crippen molar-refractivity contribution in [3.8, 4) is 11.5 Å². The van der Waals surface area contributed by atoms with E-state index in [1.807, 2.05) is 13.8 Å². The molecule has 0 saturated heterocycles. The highest BCUT2D eigenvalue weighted by atomic mass is 16.5. The van der Waals surface area contributed by atoms with Gasteiger partial charge in [0.25, 0.3) is 5.91 Å². The number of anilines is 1. The SMILES string of the molecule is CCCCCN1C(=O)C(CC)Oc2c(OCC)cc(C=O)cc21. The predicted molar refractivity (Wildman–Crippen MR) is 89.6 cm³/mol. The average molecular weight is 319 g/mol. The fourth-order valence-electron chi connectivity index (χ4n) is 2.75. The Morgan fingerprint density at radius 1 is 1.26 bits per heavy atom. The van der Waals surface area contributed by atoms with E-state index in [1.165, 1.54) is 0 Å². The van der Waals surface area contributed by atoms with Crippen LogP contribution in [0, 0.1) is 0 Å². The summed E-state index contributed by atoms with van der Waals surface area (Å²) in [6.07, 6.45) is 3.94. The Labute approximate surface area is 137 Å². The number of hydrogen-bond donors (Lipinski definition) is 0. The number of amides is 1. The fraction of sp³-hybridized carbons (Fsp3) is 0.556. The number of carbonyl (C=O) groups excluding carboxylic acids is 2. The molecule has 1 atom stereocenters. The van der Waals surface area contributed by atoms with Crippen molar-refractivity contribution in [2.75, 3.05) is 18.1 Å². The summed E-state index contributed by atoms with van der Waals surface area (Å²) in [7, 11) is 0. The van der Waals surface area contributed by atoms with Crippen LogP contribution in [-0.4, -0.2) is 31.4 Å². The molecule has 0 fully saturated rings. The van der Waals surface area contributed by atoms with Gasteiger partial charge in [0.1, 0.15) is 6.29 Å². The number of aldehydes is 1. The van der Waals surface area contributed by atoms with Crippen molar-refractivity contribution in [2.24, 2.45) is 0 Å². The molecule has 5 nitrogen and oxygen atoms in total. The number of fused-ring (bicyclic) bond motifs is 1. The van der Waals surface area contributed by atoms with E-state index in [9.17, 15) is 9.59 Å². The Balaban J connectivity index is 2.46. The number of unbranched alkanes of at least 4 members (excludes halogenated alkanes) is 2. The third-order valence-electron chi connectivity index (χ3n) is 3.94. The van der Waals surface area contributed by atoms with Crippen molar-refractivity contribution in [1.29, 1.82) is 0 Å². The lowest BCUT2D eigenvalue weighted by molar-refractivity contribution is -0.126. The molecular formula is C18H25NO4. The maximum atomic E-state index is 12.7. The third-order valence-corrected chi connectivity index (χ3v) is 3.94. The van der Waals surface area contributed by atoms with E-state index in [2.05, 4.69) is 6.92 Å². The lowest BCUT2D eigenvalue weighted by Gasteiger charge is -2.35. The zero-order valence-corrected chi connectivity index (χ0v) is 14.1. The van der Waals surface area contributed by atoms with Gasteiger partial charge in [0.2, 0.25) is 0 Å². The second-order valence-electron chi connectivity index (χ2n) is 5.63. The minimum atomic E-state index is -0.495. The number of ether oxygens (including phenoxy) is 2. The Bertz CT molecular complexity index is 570. The highest BCUT2D eigenvalue weighted by Gasteiger charge is 2.35. The van der Waals surface area contributed by atoms with Gasteiger partial charge in [-0.1, -0.05) is 26.7 Å². The quantitative estimate of drug-likeness (QED) is 0.543. The second kappa shape index (κ2) is 7.99. The summed E-state index contributed by atoms with van der Waals surface area (Å²) in [5.41, 5.74) is 1.13. The van der Waals surface area contributed by atoms with Crippen LogP contribution in [0.2, 0.25) is 0 Å². The van der Waals surface area contributed by atoms with Gasteiger partial charge in [-0.05, 0) is 31.9 Å². The van der Waals surface area contributed by atoms with E-state index in [1.54, 1.807) is 17.0 Å². The molecule has 1 aliphatic heterocycles. The molecule has 126 valence electrons. The van der Waals surface area contributed by atoms with Crippen LogP contribution in [0.15, 0.2) is 12.1 Å². The molecular weight excluding hydrogens is 294 g/mol. The maximum absolute atomic E-state index is 12.7. The van der Waals surface area contributed by atoms with Crippen molar-refractivity contribution >= 4 is 17.9 Å². The van der Waals surface area contributed by atoms with Crippen molar-refractivity contribution < 1.29 is 19.1 Å². The van der Waals surface area contributed by atoms with E-state index < -0.39 is 6.10 Å². The zero-order valence-electron chi connectivity index (χ0n) is 14.1. The van der Waals surface area contributed by atoms with Gasteiger partial charge in [-0.2, -0.15) is 0 Å². The van der Waals surface area contributed by atoms with Crippen molar-refractivity contribution in [3.63, 3.8) is 0 Å². The van der Waals surface area contributed by atoms with E-state index in [0.29, 0.717) is 42.3 Å². The fourth-order valence-corrected chi connectivity index (χ4v) is 2.75. The summed E-state index contributed by atoms with van der Waals surface area (Å²) in [6.45, 7) is 7.04. The predicted octanol–water partition coefficient (Wildman–Crippen LogP) is 3.59. The molecule has 1 unspecified atom stereocenters. The van der Waals surface area contributed by atoms with E-state index in [-0.39, 0.29) is 5.91 Å². The van der Waals surface area contributed by atoms with E-state index in [4.69, 9.17) is 9.47 Å². The highest BCUT2D eigenvalue weighted by Crippen LogP contribution is 2.43. The Hall–Kier alpha value is -2.04. The lowest BCUT2D eigenvalue weighted by Crippen LogP contribution is -2.46. The molecule has 1 aromatic carbocycles. The molecule has 5 heteroatoms. The summed E-state index contributed by atoms with van der Waals surface area (Å²) in [4.78, 5) is 25.6. The Morgan fingerprint density at radius 3 is 2.65 bits per heavy atom. The minimum Gasteiger partial charge on any atom is -0.490 e. The third kappa shape index (κ3) is 3.66. The van der Waals surface area contributed by atoms with Crippen LogP contribution in [0.5, 0.6) is 11.5 Å². The first-order valence-corrected chi connectivity index (χ1v) is 8.40. The Morgan fingerprint density at radius 2 is 2.04 bits per heavy atom. The van der Waals surface area contributed by atoms with Crippen molar-refractivity contribution in [1.82, 2.24) is 0 Å². The first-order chi connectivity index (χ1) is 11.2. The molecule has 1 aliphatic rings. The van der Waals surface area contributed by atoms with Gasteiger partial charge in [0.05, 0.1) is 12.3 Å². The topological polar surface area (TPSA) is 55.8 Å². The van der Waals surface area contributed by atoms with Crippen LogP contribution in [-0.2, 0) is 4.79 Å². The van der Waals surface area contributed by atoms with Crippen molar-refractivity contribution in [2.45, 2.75) is 52.6 Å². The molecule has 0 aromatic heterocycles. The first-order valence-electron chi connectivity index (χ1n) is 8.40.